The van der Waals surface area contributed by atoms with E-state index in [2.05, 4.69) is 11.4 Å². The van der Waals surface area contributed by atoms with Crippen LogP contribution in [0.5, 0.6) is 0 Å². The lowest BCUT2D eigenvalue weighted by atomic mass is 9.83. The van der Waals surface area contributed by atoms with Gasteiger partial charge in [-0.05, 0) is 25.8 Å². The summed E-state index contributed by atoms with van der Waals surface area (Å²) in [5, 5.41) is 22.9. The summed E-state index contributed by atoms with van der Waals surface area (Å²) in [6.07, 6.45) is 3.90. The molecule has 1 aliphatic rings. The molecule has 0 heterocycles. The zero-order valence-corrected chi connectivity index (χ0v) is 13.9. The van der Waals surface area contributed by atoms with Crippen molar-refractivity contribution in [2.75, 3.05) is 6.61 Å². The number of nitro benzene ring substituents is 1. The van der Waals surface area contributed by atoms with E-state index in [0.717, 1.165) is 19.3 Å². The van der Waals surface area contributed by atoms with Gasteiger partial charge in [-0.3, -0.25) is 14.9 Å². The van der Waals surface area contributed by atoms with Crippen LogP contribution in [0.1, 0.15) is 48.0 Å². The Kier molecular flexibility index (Phi) is 5.70. The minimum atomic E-state index is -0.900. The predicted molar refractivity (Wildman–Crippen MR) is 87.7 cm³/mol. The summed E-state index contributed by atoms with van der Waals surface area (Å²) < 4.78 is 4.95. The van der Waals surface area contributed by atoms with Crippen molar-refractivity contribution in [3.8, 4) is 6.07 Å². The van der Waals surface area contributed by atoms with Crippen LogP contribution in [-0.4, -0.2) is 28.9 Å². The largest absolute Gasteiger partial charge is 0.452 e. The molecule has 0 bridgehead atoms. The number of nitrogens with zero attached hydrogens (tertiary/aromatic N) is 2. The van der Waals surface area contributed by atoms with Gasteiger partial charge >= 0.3 is 5.97 Å². The van der Waals surface area contributed by atoms with Crippen molar-refractivity contribution in [1.82, 2.24) is 5.32 Å². The summed E-state index contributed by atoms with van der Waals surface area (Å²) in [5.74, 6) is -1.37. The average Bonchev–Trinajstić information content (AvgIpc) is 2.60. The number of hydrogen-bond donors (Lipinski definition) is 1. The van der Waals surface area contributed by atoms with E-state index in [1.165, 1.54) is 25.1 Å². The number of rotatable bonds is 5. The van der Waals surface area contributed by atoms with Gasteiger partial charge in [0.15, 0.2) is 6.61 Å². The normalized spacial score (nSPS) is 15.7. The van der Waals surface area contributed by atoms with Gasteiger partial charge < -0.3 is 10.1 Å². The molecule has 25 heavy (non-hydrogen) atoms. The molecule has 1 amide bonds. The molecule has 0 radical (unpaired) electrons. The van der Waals surface area contributed by atoms with Gasteiger partial charge in [0.2, 0.25) is 0 Å². The zero-order chi connectivity index (χ0) is 18.4. The molecule has 1 aliphatic carbocycles. The highest BCUT2D eigenvalue weighted by molar-refractivity contribution is 5.93. The van der Waals surface area contributed by atoms with Gasteiger partial charge in [0.25, 0.3) is 11.6 Å². The second kappa shape index (κ2) is 7.75. The first kappa shape index (κ1) is 18.4. The minimum absolute atomic E-state index is 0.0367. The van der Waals surface area contributed by atoms with Crippen LogP contribution in [0.25, 0.3) is 0 Å². The van der Waals surface area contributed by atoms with E-state index in [1.807, 2.05) is 0 Å². The molecule has 132 valence electrons. The highest BCUT2D eigenvalue weighted by atomic mass is 16.6. The summed E-state index contributed by atoms with van der Waals surface area (Å²) in [6.45, 7) is 0.909. The maximum Gasteiger partial charge on any atom is 0.339 e. The number of benzene rings is 1. The Morgan fingerprint density at radius 1 is 1.36 bits per heavy atom. The molecule has 1 saturated carbocycles. The van der Waals surface area contributed by atoms with E-state index in [1.54, 1.807) is 0 Å². The Hall–Kier alpha value is -2.95. The second-order valence-corrected chi connectivity index (χ2v) is 6.09. The van der Waals surface area contributed by atoms with E-state index in [4.69, 9.17) is 4.74 Å². The van der Waals surface area contributed by atoms with Crippen molar-refractivity contribution in [2.24, 2.45) is 0 Å². The van der Waals surface area contributed by atoms with Crippen molar-refractivity contribution in [1.29, 1.82) is 5.26 Å². The van der Waals surface area contributed by atoms with Crippen LogP contribution in [0.3, 0.4) is 0 Å². The molecule has 1 aromatic carbocycles. The molecule has 1 N–H and O–H groups in total. The third kappa shape index (κ3) is 4.32. The number of nitriles is 1. The average molecular weight is 345 g/mol. The van der Waals surface area contributed by atoms with Gasteiger partial charge in [-0.1, -0.05) is 25.3 Å². The van der Waals surface area contributed by atoms with Crippen molar-refractivity contribution in [3.05, 3.63) is 39.4 Å². The fraction of sp³-hybridized carbons (Fsp3) is 0.471. The number of nitrogens with one attached hydrogen (secondary N) is 1. The first-order valence-corrected chi connectivity index (χ1v) is 8.02. The number of ether oxygens (including phenoxy) is 1. The molecule has 0 aromatic heterocycles. The fourth-order valence-corrected chi connectivity index (χ4v) is 2.97. The van der Waals surface area contributed by atoms with E-state index >= 15 is 0 Å². The van der Waals surface area contributed by atoms with Crippen molar-refractivity contribution < 1.29 is 19.2 Å². The Morgan fingerprint density at radius 3 is 2.64 bits per heavy atom. The predicted octanol–water partition coefficient (Wildman–Crippen LogP) is 2.40. The van der Waals surface area contributed by atoms with Gasteiger partial charge in [-0.25, -0.2) is 4.79 Å². The Bertz CT molecular complexity index is 732. The standard InChI is InChI=1S/C17H19N3O5/c1-12-13(6-5-7-14(12)20(23)24)16(22)25-10-15(21)19-17(11-18)8-3-2-4-9-17/h5-7H,2-4,8-10H2,1H3,(H,19,21). The Morgan fingerprint density at radius 2 is 2.04 bits per heavy atom. The third-order valence-corrected chi connectivity index (χ3v) is 4.36. The van der Waals surface area contributed by atoms with Gasteiger partial charge in [0.1, 0.15) is 5.54 Å². The highest BCUT2D eigenvalue weighted by Gasteiger charge is 2.33. The van der Waals surface area contributed by atoms with E-state index in [-0.39, 0.29) is 16.8 Å². The number of carbonyl (C=O) groups is 2. The molecule has 0 saturated heterocycles. The van der Waals surface area contributed by atoms with Gasteiger partial charge in [-0.15, -0.1) is 0 Å². The molecule has 1 aromatic rings. The summed E-state index contributed by atoms with van der Waals surface area (Å²) in [5.41, 5.74) is -0.874. The first-order chi connectivity index (χ1) is 11.9. The second-order valence-electron chi connectivity index (χ2n) is 6.09. The van der Waals surface area contributed by atoms with Crippen molar-refractivity contribution in [3.63, 3.8) is 0 Å². The van der Waals surface area contributed by atoms with E-state index in [9.17, 15) is 25.0 Å². The van der Waals surface area contributed by atoms with E-state index in [0.29, 0.717) is 12.8 Å². The van der Waals surface area contributed by atoms with Crippen LogP contribution < -0.4 is 5.32 Å². The molecule has 0 spiro atoms. The molecule has 0 unspecified atom stereocenters. The summed E-state index contributed by atoms with van der Waals surface area (Å²) in [4.78, 5) is 34.4. The molecule has 8 heteroatoms. The van der Waals surface area contributed by atoms with Crippen LogP contribution >= 0.6 is 0 Å². The first-order valence-electron chi connectivity index (χ1n) is 8.02. The molecule has 2 rings (SSSR count). The van der Waals surface area contributed by atoms with Crippen LogP contribution in [0.2, 0.25) is 0 Å². The van der Waals surface area contributed by atoms with Gasteiger partial charge in [0.05, 0.1) is 16.6 Å². The smallest absolute Gasteiger partial charge is 0.339 e. The number of hydrogen-bond acceptors (Lipinski definition) is 6. The lowest BCUT2D eigenvalue weighted by Gasteiger charge is -2.31. The summed E-state index contributed by atoms with van der Waals surface area (Å²) >= 11 is 0. The Balaban J connectivity index is 1.98. The Labute approximate surface area is 144 Å². The van der Waals surface area contributed by atoms with Gasteiger partial charge in [-0.2, -0.15) is 5.26 Å². The summed E-state index contributed by atoms with van der Waals surface area (Å²) in [7, 11) is 0. The minimum Gasteiger partial charge on any atom is -0.452 e. The van der Waals surface area contributed by atoms with E-state index < -0.39 is 28.9 Å². The molecular formula is C17H19N3O5. The summed E-state index contributed by atoms with van der Waals surface area (Å²) in [6, 6.07) is 6.23. The lowest BCUT2D eigenvalue weighted by Crippen LogP contribution is -2.50. The topological polar surface area (TPSA) is 122 Å². The molecule has 1 fully saturated rings. The molecular weight excluding hydrogens is 326 g/mol. The number of amides is 1. The maximum atomic E-state index is 12.1. The van der Waals surface area contributed by atoms with Crippen LogP contribution in [0, 0.1) is 28.4 Å². The van der Waals surface area contributed by atoms with Crippen LogP contribution in [0.15, 0.2) is 18.2 Å². The number of carbonyl (C=O) groups excluding carboxylic acids is 2. The quantitative estimate of drug-likeness (QED) is 0.496. The molecule has 0 atom stereocenters. The highest BCUT2D eigenvalue weighted by Crippen LogP contribution is 2.27. The van der Waals surface area contributed by atoms with Crippen LogP contribution in [0.4, 0.5) is 5.69 Å². The maximum absolute atomic E-state index is 12.1. The molecule has 0 aliphatic heterocycles. The fourth-order valence-electron chi connectivity index (χ4n) is 2.97. The third-order valence-electron chi connectivity index (χ3n) is 4.36. The zero-order valence-electron chi connectivity index (χ0n) is 13.9. The van der Waals surface area contributed by atoms with Crippen molar-refractivity contribution in [2.45, 2.75) is 44.6 Å². The van der Waals surface area contributed by atoms with Gasteiger partial charge in [0, 0.05) is 11.6 Å². The monoisotopic (exact) mass is 345 g/mol. The SMILES string of the molecule is Cc1c(C(=O)OCC(=O)NC2(C#N)CCCCC2)cccc1[N+](=O)[O-]. The lowest BCUT2D eigenvalue weighted by molar-refractivity contribution is -0.385. The van der Waals surface area contributed by atoms with Crippen molar-refractivity contribution >= 4 is 17.6 Å². The van der Waals surface area contributed by atoms with Crippen LogP contribution in [-0.2, 0) is 9.53 Å². The number of esters is 1. The number of nitro groups is 1. The molecule has 8 nitrogen and oxygen atoms in total.